The van der Waals surface area contributed by atoms with E-state index < -0.39 is 0 Å². The molecule has 2 rings (SSSR count). The first-order valence-corrected chi connectivity index (χ1v) is 5.96. The summed E-state index contributed by atoms with van der Waals surface area (Å²) in [4.78, 5) is 0. The van der Waals surface area contributed by atoms with Crippen molar-refractivity contribution in [2.75, 3.05) is 12.4 Å². The van der Waals surface area contributed by atoms with Crippen molar-refractivity contribution in [3.8, 4) is 0 Å². The zero-order chi connectivity index (χ0) is 9.80. The van der Waals surface area contributed by atoms with Crippen LogP contribution in [0, 0.1) is 0 Å². The van der Waals surface area contributed by atoms with Gasteiger partial charge in [0.05, 0.1) is 0 Å². The Morgan fingerprint density at radius 2 is 2.00 bits per heavy atom. The van der Waals surface area contributed by atoms with E-state index in [-0.39, 0.29) is 0 Å². The fourth-order valence-electron chi connectivity index (χ4n) is 1.94. The fourth-order valence-corrected chi connectivity index (χ4v) is 2.46. The summed E-state index contributed by atoms with van der Waals surface area (Å²) in [5.41, 5.74) is 1.77. The Morgan fingerprint density at radius 1 is 1.29 bits per heavy atom. The molecular formula is C9H16N4S. The van der Waals surface area contributed by atoms with Gasteiger partial charge in [-0.2, -0.15) is 0 Å². The molecule has 1 aromatic rings. The second kappa shape index (κ2) is 4.70. The topological polar surface area (TPSA) is 49.8 Å². The number of nitrogens with zero attached hydrogens (tertiary/aromatic N) is 2. The maximum Gasteiger partial charge on any atom is 0.205 e. The van der Waals surface area contributed by atoms with Gasteiger partial charge in [0.1, 0.15) is 5.51 Å². The maximum absolute atomic E-state index is 3.99. The van der Waals surface area contributed by atoms with Gasteiger partial charge in [0.15, 0.2) is 0 Å². The highest BCUT2D eigenvalue weighted by molar-refractivity contribution is 7.13. The first-order valence-electron chi connectivity index (χ1n) is 5.08. The van der Waals surface area contributed by atoms with Crippen LogP contribution >= 0.6 is 11.3 Å². The standard InChI is InChI=1S/C9H16N4S/c1-10-7-2-4-8(5-3-7)12-9-13-11-6-14-9/h6-8,10H,2-5H2,1H3,(H,12,13). The first-order chi connectivity index (χ1) is 6.88. The molecule has 1 heterocycles. The van der Waals surface area contributed by atoms with Crippen molar-refractivity contribution in [1.82, 2.24) is 15.5 Å². The summed E-state index contributed by atoms with van der Waals surface area (Å²) in [7, 11) is 2.04. The minimum Gasteiger partial charge on any atom is -0.357 e. The molecule has 4 nitrogen and oxygen atoms in total. The SMILES string of the molecule is CNC1CCC(Nc2nncs2)CC1. The number of aromatic nitrogens is 2. The molecule has 0 aliphatic heterocycles. The summed E-state index contributed by atoms with van der Waals surface area (Å²) in [6.45, 7) is 0. The van der Waals surface area contributed by atoms with Crippen molar-refractivity contribution in [2.45, 2.75) is 37.8 Å². The summed E-state index contributed by atoms with van der Waals surface area (Å²) in [6, 6.07) is 1.30. The molecule has 0 amide bonds. The van der Waals surface area contributed by atoms with E-state index in [1.807, 2.05) is 7.05 Å². The van der Waals surface area contributed by atoms with Gasteiger partial charge < -0.3 is 10.6 Å². The van der Waals surface area contributed by atoms with Crippen LogP contribution < -0.4 is 10.6 Å². The van der Waals surface area contributed by atoms with E-state index in [0.717, 1.165) is 5.13 Å². The third-order valence-electron chi connectivity index (χ3n) is 2.82. The molecule has 14 heavy (non-hydrogen) atoms. The largest absolute Gasteiger partial charge is 0.357 e. The van der Waals surface area contributed by atoms with E-state index in [0.29, 0.717) is 12.1 Å². The van der Waals surface area contributed by atoms with E-state index >= 15 is 0 Å². The van der Waals surface area contributed by atoms with Gasteiger partial charge in [-0.05, 0) is 32.7 Å². The Labute approximate surface area is 88.1 Å². The Bertz CT molecular complexity index is 254. The van der Waals surface area contributed by atoms with Crippen molar-refractivity contribution < 1.29 is 0 Å². The summed E-state index contributed by atoms with van der Waals surface area (Å²) in [5, 5.41) is 15.5. The molecule has 1 aliphatic rings. The second-order valence-corrected chi connectivity index (χ2v) is 4.56. The van der Waals surface area contributed by atoms with Gasteiger partial charge in [-0.3, -0.25) is 0 Å². The van der Waals surface area contributed by atoms with Crippen LogP contribution in [-0.2, 0) is 0 Å². The van der Waals surface area contributed by atoms with Gasteiger partial charge >= 0.3 is 0 Å². The third-order valence-corrected chi connectivity index (χ3v) is 3.45. The highest BCUT2D eigenvalue weighted by Gasteiger charge is 2.20. The molecule has 1 saturated carbocycles. The lowest BCUT2D eigenvalue weighted by atomic mass is 9.91. The van der Waals surface area contributed by atoms with Crippen LogP contribution in [0.5, 0.6) is 0 Å². The molecular weight excluding hydrogens is 196 g/mol. The predicted octanol–water partition coefficient (Wildman–Crippen LogP) is 1.48. The number of rotatable bonds is 3. The van der Waals surface area contributed by atoms with Gasteiger partial charge in [-0.25, -0.2) is 0 Å². The Balaban J connectivity index is 1.79. The Kier molecular flexibility index (Phi) is 3.31. The smallest absolute Gasteiger partial charge is 0.205 e. The average molecular weight is 212 g/mol. The Hall–Kier alpha value is -0.680. The maximum atomic E-state index is 3.99. The van der Waals surface area contributed by atoms with E-state index in [9.17, 15) is 0 Å². The normalized spacial score (nSPS) is 27.5. The molecule has 0 aromatic carbocycles. The van der Waals surface area contributed by atoms with Gasteiger partial charge in [-0.15, -0.1) is 10.2 Å². The van der Waals surface area contributed by atoms with Crippen LogP contribution in [0.3, 0.4) is 0 Å². The van der Waals surface area contributed by atoms with Crippen molar-refractivity contribution in [3.63, 3.8) is 0 Å². The molecule has 1 aromatic heterocycles. The van der Waals surface area contributed by atoms with Crippen LogP contribution in [-0.4, -0.2) is 29.3 Å². The molecule has 5 heteroatoms. The van der Waals surface area contributed by atoms with Gasteiger partial charge in [0, 0.05) is 12.1 Å². The van der Waals surface area contributed by atoms with Crippen LogP contribution in [0.25, 0.3) is 0 Å². The van der Waals surface area contributed by atoms with Gasteiger partial charge in [0.25, 0.3) is 0 Å². The van der Waals surface area contributed by atoms with Crippen LogP contribution in [0.15, 0.2) is 5.51 Å². The second-order valence-electron chi connectivity index (χ2n) is 3.73. The van der Waals surface area contributed by atoms with Crippen molar-refractivity contribution in [3.05, 3.63) is 5.51 Å². The molecule has 0 radical (unpaired) electrons. The molecule has 0 atom stereocenters. The van der Waals surface area contributed by atoms with Gasteiger partial charge in [-0.1, -0.05) is 11.3 Å². The van der Waals surface area contributed by atoms with Crippen molar-refractivity contribution in [1.29, 1.82) is 0 Å². The predicted molar refractivity (Wildman–Crippen MR) is 58.6 cm³/mol. The molecule has 1 aliphatic carbocycles. The molecule has 0 spiro atoms. The summed E-state index contributed by atoms with van der Waals surface area (Å²) >= 11 is 1.57. The summed E-state index contributed by atoms with van der Waals surface area (Å²) in [6.07, 6.45) is 4.97. The Morgan fingerprint density at radius 3 is 2.57 bits per heavy atom. The van der Waals surface area contributed by atoms with E-state index in [1.165, 1.54) is 25.7 Å². The lowest BCUT2D eigenvalue weighted by Crippen LogP contribution is -2.34. The van der Waals surface area contributed by atoms with E-state index in [2.05, 4.69) is 20.8 Å². The zero-order valence-electron chi connectivity index (χ0n) is 8.36. The summed E-state index contributed by atoms with van der Waals surface area (Å²) in [5.74, 6) is 0. The van der Waals surface area contributed by atoms with Crippen molar-refractivity contribution >= 4 is 16.5 Å². The summed E-state index contributed by atoms with van der Waals surface area (Å²) < 4.78 is 0. The lowest BCUT2D eigenvalue weighted by Gasteiger charge is -2.28. The number of nitrogens with one attached hydrogen (secondary N) is 2. The van der Waals surface area contributed by atoms with Gasteiger partial charge in [0.2, 0.25) is 5.13 Å². The molecule has 1 fully saturated rings. The quantitative estimate of drug-likeness (QED) is 0.797. The molecule has 2 N–H and O–H groups in total. The average Bonchev–Trinajstić information content (AvgIpc) is 2.72. The van der Waals surface area contributed by atoms with E-state index in [4.69, 9.17) is 0 Å². The molecule has 0 saturated heterocycles. The van der Waals surface area contributed by atoms with Crippen LogP contribution in [0.1, 0.15) is 25.7 Å². The zero-order valence-corrected chi connectivity index (χ0v) is 9.18. The van der Waals surface area contributed by atoms with Crippen LogP contribution in [0.4, 0.5) is 5.13 Å². The van der Waals surface area contributed by atoms with Crippen molar-refractivity contribution in [2.24, 2.45) is 0 Å². The molecule has 0 bridgehead atoms. The highest BCUT2D eigenvalue weighted by atomic mass is 32.1. The lowest BCUT2D eigenvalue weighted by molar-refractivity contribution is 0.371. The van der Waals surface area contributed by atoms with Crippen LogP contribution in [0.2, 0.25) is 0 Å². The monoisotopic (exact) mass is 212 g/mol. The number of hydrogen-bond acceptors (Lipinski definition) is 5. The number of anilines is 1. The minimum absolute atomic E-state index is 0.590. The fraction of sp³-hybridized carbons (Fsp3) is 0.778. The number of hydrogen-bond donors (Lipinski definition) is 2. The highest BCUT2D eigenvalue weighted by Crippen LogP contribution is 2.22. The first kappa shape index (κ1) is 9.86. The third kappa shape index (κ3) is 2.42. The minimum atomic E-state index is 0.590. The molecule has 0 unspecified atom stereocenters. The molecule has 78 valence electrons. The van der Waals surface area contributed by atoms with E-state index in [1.54, 1.807) is 16.8 Å².